The first kappa shape index (κ1) is 13.1. The summed E-state index contributed by atoms with van der Waals surface area (Å²) in [5, 5.41) is 5.99. The number of aryl methyl sites for hydroxylation is 1. The number of fused-ring (bicyclic) bond motifs is 1. The molecule has 0 aliphatic heterocycles. The van der Waals surface area contributed by atoms with Gasteiger partial charge in [-0.2, -0.15) is 0 Å². The van der Waals surface area contributed by atoms with Gasteiger partial charge < -0.3 is 5.32 Å². The number of nitrogens with one attached hydrogen (secondary N) is 1. The average molecular weight is 241 g/mol. The largest absolute Gasteiger partial charge is 0.319 e. The number of hydrogen-bond donors (Lipinski definition) is 1. The molecule has 1 N–H and O–H groups in total. The van der Waals surface area contributed by atoms with Crippen molar-refractivity contribution in [2.45, 2.75) is 26.7 Å². The van der Waals surface area contributed by atoms with Crippen LogP contribution < -0.4 is 5.32 Å². The van der Waals surface area contributed by atoms with Gasteiger partial charge in [-0.25, -0.2) is 0 Å². The lowest BCUT2D eigenvalue weighted by Gasteiger charge is -2.21. The molecule has 0 saturated heterocycles. The fraction of sp³-hybridized carbons (Fsp3) is 0.412. The SMILES string of the molecule is CNCC(c1ccc2cc(C)ccc2c1)C(C)C. The maximum absolute atomic E-state index is 3.30. The van der Waals surface area contributed by atoms with Gasteiger partial charge in [-0.3, -0.25) is 0 Å². The van der Waals surface area contributed by atoms with E-state index in [1.807, 2.05) is 7.05 Å². The second-order valence-corrected chi connectivity index (χ2v) is 5.52. The van der Waals surface area contributed by atoms with E-state index in [1.54, 1.807) is 0 Å². The molecule has 0 aromatic heterocycles. The van der Waals surface area contributed by atoms with E-state index in [9.17, 15) is 0 Å². The van der Waals surface area contributed by atoms with Gasteiger partial charge in [0.15, 0.2) is 0 Å². The van der Waals surface area contributed by atoms with Crippen molar-refractivity contribution >= 4 is 10.8 Å². The molecule has 2 rings (SSSR count). The van der Waals surface area contributed by atoms with Gasteiger partial charge in [-0.15, -0.1) is 0 Å². The van der Waals surface area contributed by atoms with Crippen molar-refractivity contribution in [3.05, 3.63) is 47.5 Å². The van der Waals surface area contributed by atoms with E-state index < -0.39 is 0 Å². The average Bonchev–Trinajstić information content (AvgIpc) is 2.35. The fourth-order valence-electron chi connectivity index (χ4n) is 2.57. The highest BCUT2D eigenvalue weighted by Crippen LogP contribution is 2.27. The van der Waals surface area contributed by atoms with Crippen LogP contribution in [0, 0.1) is 12.8 Å². The minimum atomic E-state index is 0.584. The Hall–Kier alpha value is -1.34. The van der Waals surface area contributed by atoms with Crippen molar-refractivity contribution in [3.8, 4) is 0 Å². The Bertz CT molecular complexity index is 528. The van der Waals surface area contributed by atoms with Crippen molar-refractivity contribution in [1.29, 1.82) is 0 Å². The molecule has 1 unspecified atom stereocenters. The summed E-state index contributed by atoms with van der Waals surface area (Å²) in [5.74, 6) is 1.24. The van der Waals surface area contributed by atoms with E-state index in [4.69, 9.17) is 0 Å². The molecule has 2 aromatic rings. The molecule has 0 heterocycles. The highest BCUT2D eigenvalue weighted by molar-refractivity contribution is 5.83. The molecule has 2 aromatic carbocycles. The van der Waals surface area contributed by atoms with Crippen LogP contribution in [0.3, 0.4) is 0 Å². The van der Waals surface area contributed by atoms with Crippen LogP contribution in [0.4, 0.5) is 0 Å². The zero-order chi connectivity index (χ0) is 13.1. The van der Waals surface area contributed by atoms with Crippen LogP contribution in [0.2, 0.25) is 0 Å². The third-order valence-electron chi connectivity index (χ3n) is 3.68. The predicted octanol–water partition coefficient (Wildman–Crippen LogP) is 4.11. The monoisotopic (exact) mass is 241 g/mol. The Morgan fingerprint density at radius 3 is 2.33 bits per heavy atom. The van der Waals surface area contributed by atoms with Crippen LogP contribution in [0.1, 0.15) is 30.9 Å². The van der Waals surface area contributed by atoms with Crippen molar-refractivity contribution in [3.63, 3.8) is 0 Å². The predicted molar refractivity (Wildman–Crippen MR) is 80.2 cm³/mol. The van der Waals surface area contributed by atoms with Gasteiger partial charge in [-0.05, 0) is 42.1 Å². The zero-order valence-electron chi connectivity index (χ0n) is 11.8. The van der Waals surface area contributed by atoms with Crippen LogP contribution in [-0.2, 0) is 0 Å². The molecule has 0 bridgehead atoms. The van der Waals surface area contributed by atoms with Crippen molar-refractivity contribution in [1.82, 2.24) is 5.32 Å². The summed E-state index contributed by atoms with van der Waals surface area (Å²) >= 11 is 0. The summed E-state index contributed by atoms with van der Waals surface area (Å²) in [4.78, 5) is 0. The molecular formula is C17H23N. The van der Waals surface area contributed by atoms with E-state index in [2.05, 4.69) is 62.5 Å². The Morgan fingerprint density at radius 1 is 1.00 bits per heavy atom. The van der Waals surface area contributed by atoms with Crippen molar-refractivity contribution < 1.29 is 0 Å². The number of rotatable bonds is 4. The molecule has 0 aliphatic rings. The molecule has 1 nitrogen and oxygen atoms in total. The topological polar surface area (TPSA) is 12.0 Å². The molecule has 0 fully saturated rings. The van der Waals surface area contributed by atoms with Crippen LogP contribution in [0.15, 0.2) is 36.4 Å². The molecular weight excluding hydrogens is 218 g/mol. The molecule has 0 aliphatic carbocycles. The third kappa shape index (κ3) is 2.73. The minimum Gasteiger partial charge on any atom is -0.319 e. The summed E-state index contributed by atoms with van der Waals surface area (Å²) in [6.45, 7) is 7.77. The number of benzene rings is 2. The van der Waals surface area contributed by atoms with Gasteiger partial charge >= 0.3 is 0 Å². The third-order valence-corrected chi connectivity index (χ3v) is 3.68. The Labute approximate surface area is 110 Å². The molecule has 0 spiro atoms. The van der Waals surface area contributed by atoms with Crippen molar-refractivity contribution in [2.24, 2.45) is 5.92 Å². The molecule has 18 heavy (non-hydrogen) atoms. The van der Waals surface area contributed by atoms with E-state index in [-0.39, 0.29) is 0 Å². The second-order valence-electron chi connectivity index (χ2n) is 5.52. The lowest BCUT2D eigenvalue weighted by atomic mass is 9.87. The van der Waals surface area contributed by atoms with Gasteiger partial charge in [0.2, 0.25) is 0 Å². The first-order valence-electron chi connectivity index (χ1n) is 6.76. The highest BCUT2D eigenvalue weighted by Gasteiger charge is 2.15. The number of hydrogen-bond acceptors (Lipinski definition) is 1. The van der Waals surface area contributed by atoms with Crippen LogP contribution >= 0.6 is 0 Å². The van der Waals surface area contributed by atoms with Gasteiger partial charge in [0.1, 0.15) is 0 Å². The van der Waals surface area contributed by atoms with Gasteiger partial charge in [0.25, 0.3) is 0 Å². The zero-order valence-corrected chi connectivity index (χ0v) is 11.8. The van der Waals surface area contributed by atoms with Crippen LogP contribution in [-0.4, -0.2) is 13.6 Å². The highest BCUT2D eigenvalue weighted by atomic mass is 14.8. The summed E-state index contributed by atoms with van der Waals surface area (Å²) < 4.78 is 0. The summed E-state index contributed by atoms with van der Waals surface area (Å²) in [7, 11) is 2.03. The lowest BCUT2D eigenvalue weighted by Crippen LogP contribution is -2.21. The normalized spacial score (nSPS) is 13.2. The quantitative estimate of drug-likeness (QED) is 0.849. The Balaban J connectivity index is 2.42. The second kappa shape index (κ2) is 5.53. The van der Waals surface area contributed by atoms with Gasteiger partial charge in [-0.1, -0.05) is 55.8 Å². The molecule has 0 saturated carbocycles. The van der Waals surface area contributed by atoms with E-state index in [1.165, 1.54) is 21.9 Å². The lowest BCUT2D eigenvalue weighted by molar-refractivity contribution is 0.479. The maximum Gasteiger partial charge on any atom is 0.00196 e. The first-order valence-corrected chi connectivity index (χ1v) is 6.76. The van der Waals surface area contributed by atoms with Gasteiger partial charge in [0, 0.05) is 6.54 Å². The van der Waals surface area contributed by atoms with Crippen molar-refractivity contribution in [2.75, 3.05) is 13.6 Å². The standard InChI is InChI=1S/C17H23N/c1-12(2)17(11-18-4)16-8-7-14-9-13(3)5-6-15(14)10-16/h5-10,12,17-18H,11H2,1-4H3. The summed E-state index contributed by atoms with van der Waals surface area (Å²) in [6.07, 6.45) is 0. The number of likely N-dealkylation sites (N-methyl/N-ethyl adjacent to an activating group) is 1. The molecule has 1 heteroatoms. The smallest absolute Gasteiger partial charge is 0.00196 e. The Morgan fingerprint density at radius 2 is 1.67 bits per heavy atom. The van der Waals surface area contributed by atoms with Crippen LogP contribution in [0.5, 0.6) is 0 Å². The van der Waals surface area contributed by atoms with E-state index in [0.29, 0.717) is 11.8 Å². The molecule has 0 amide bonds. The minimum absolute atomic E-state index is 0.584. The molecule has 0 radical (unpaired) electrons. The van der Waals surface area contributed by atoms with E-state index in [0.717, 1.165) is 6.54 Å². The molecule has 1 atom stereocenters. The van der Waals surface area contributed by atoms with E-state index >= 15 is 0 Å². The fourth-order valence-corrected chi connectivity index (χ4v) is 2.57. The Kier molecular flexibility index (Phi) is 4.03. The summed E-state index contributed by atoms with van der Waals surface area (Å²) in [5.41, 5.74) is 2.77. The first-order chi connectivity index (χ1) is 8.61. The van der Waals surface area contributed by atoms with Crippen LogP contribution in [0.25, 0.3) is 10.8 Å². The maximum atomic E-state index is 3.30. The molecule has 96 valence electrons. The van der Waals surface area contributed by atoms with Gasteiger partial charge in [0.05, 0.1) is 0 Å². The summed E-state index contributed by atoms with van der Waals surface area (Å²) in [6, 6.07) is 13.5.